The molecule has 1 saturated carbocycles. The minimum Gasteiger partial charge on any atom is -0.377 e. The van der Waals surface area contributed by atoms with Crippen molar-refractivity contribution in [2.75, 3.05) is 38.2 Å². The van der Waals surface area contributed by atoms with Gasteiger partial charge in [0.15, 0.2) is 11.5 Å². The zero-order valence-corrected chi connectivity index (χ0v) is 19.9. The molecule has 5 rings (SSSR count). The number of carbonyl (C=O) groups excluding carboxylic acids is 1. The predicted octanol–water partition coefficient (Wildman–Crippen LogP) is 3.76. The topological polar surface area (TPSA) is 76.4 Å². The Balaban J connectivity index is 1.52. The maximum Gasteiger partial charge on any atom is 0.225 e. The molecule has 9 heteroatoms. The molecule has 2 aliphatic rings. The van der Waals surface area contributed by atoms with Gasteiger partial charge in [0.1, 0.15) is 12.4 Å². The number of methoxy groups -OCH3 is 1. The molecule has 33 heavy (non-hydrogen) atoms. The molecule has 3 heterocycles. The third-order valence-electron chi connectivity index (χ3n) is 6.62. The van der Waals surface area contributed by atoms with Gasteiger partial charge in [-0.1, -0.05) is 24.1 Å². The van der Waals surface area contributed by atoms with Gasteiger partial charge in [-0.15, -0.1) is 0 Å². The lowest BCUT2D eigenvalue weighted by molar-refractivity contribution is -0.137. The number of carbonyl (C=O) groups is 1. The van der Waals surface area contributed by atoms with Crippen molar-refractivity contribution in [3.05, 3.63) is 40.8 Å². The van der Waals surface area contributed by atoms with E-state index in [-0.39, 0.29) is 5.92 Å². The Morgan fingerprint density at radius 3 is 2.73 bits per heavy atom. The molecular weight excluding hydrogens is 440 g/mol. The number of amides is 1. The summed E-state index contributed by atoms with van der Waals surface area (Å²) in [7, 11) is 1.64. The highest BCUT2D eigenvalue weighted by Crippen LogP contribution is 2.32. The second kappa shape index (κ2) is 9.27. The highest BCUT2D eigenvalue weighted by molar-refractivity contribution is 6.30. The maximum atomic E-state index is 12.8. The van der Waals surface area contributed by atoms with Crippen LogP contribution in [-0.4, -0.2) is 63.8 Å². The minimum atomic E-state index is 0.230. The van der Waals surface area contributed by atoms with Gasteiger partial charge in [-0.3, -0.25) is 4.79 Å². The van der Waals surface area contributed by atoms with E-state index in [9.17, 15) is 4.79 Å². The second-order valence-electron chi connectivity index (χ2n) is 8.87. The summed E-state index contributed by atoms with van der Waals surface area (Å²) in [4.78, 5) is 26.8. The molecule has 2 aromatic heterocycles. The molecular formula is C24H29ClN6O2. The molecule has 0 spiro atoms. The summed E-state index contributed by atoms with van der Waals surface area (Å²) in [5, 5.41) is 6.36. The first-order valence-corrected chi connectivity index (χ1v) is 12.0. The molecule has 1 aliphatic carbocycles. The van der Waals surface area contributed by atoms with E-state index in [0.717, 1.165) is 67.1 Å². The Morgan fingerprint density at radius 1 is 1.15 bits per heavy atom. The molecule has 0 unspecified atom stereocenters. The van der Waals surface area contributed by atoms with E-state index < -0.39 is 0 Å². The van der Waals surface area contributed by atoms with Crippen LogP contribution in [0.5, 0.6) is 0 Å². The molecule has 0 N–H and O–H groups in total. The number of anilines is 1. The average Bonchev–Trinajstić information content (AvgIpc) is 2.94. The first kappa shape index (κ1) is 22.1. The van der Waals surface area contributed by atoms with Gasteiger partial charge in [0.25, 0.3) is 0 Å². The van der Waals surface area contributed by atoms with Gasteiger partial charge >= 0.3 is 0 Å². The number of benzene rings is 1. The van der Waals surface area contributed by atoms with Crippen molar-refractivity contribution in [2.45, 2.75) is 39.2 Å². The summed E-state index contributed by atoms with van der Waals surface area (Å²) in [5.41, 5.74) is 2.44. The molecule has 1 saturated heterocycles. The van der Waals surface area contributed by atoms with Gasteiger partial charge in [-0.25, -0.2) is 14.6 Å². The van der Waals surface area contributed by atoms with Gasteiger partial charge in [0, 0.05) is 44.2 Å². The molecule has 1 amide bonds. The number of hydrogen-bond acceptors (Lipinski definition) is 6. The van der Waals surface area contributed by atoms with E-state index >= 15 is 0 Å². The van der Waals surface area contributed by atoms with Crippen LogP contribution in [0.15, 0.2) is 24.3 Å². The fraction of sp³-hybridized carbons (Fsp3) is 0.500. The number of ether oxygens (including phenoxy) is 1. The molecule has 2 fully saturated rings. The summed E-state index contributed by atoms with van der Waals surface area (Å²) in [5.74, 6) is 2.01. The summed E-state index contributed by atoms with van der Waals surface area (Å²) in [6.45, 7) is 5.36. The highest BCUT2D eigenvalue weighted by Gasteiger charge is 2.31. The van der Waals surface area contributed by atoms with Crippen LogP contribution in [0.1, 0.15) is 37.2 Å². The Bertz CT molecular complexity index is 1180. The zero-order chi connectivity index (χ0) is 22.9. The summed E-state index contributed by atoms with van der Waals surface area (Å²) in [6.07, 6.45) is 4.15. The van der Waals surface area contributed by atoms with Crippen LogP contribution < -0.4 is 4.90 Å². The summed E-state index contributed by atoms with van der Waals surface area (Å²) >= 11 is 6.25. The van der Waals surface area contributed by atoms with Crippen LogP contribution in [0.25, 0.3) is 16.7 Å². The van der Waals surface area contributed by atoms with Crippen molar-refractivity contribution >= 4 is 34.4 Å². The van der Waals surface area contributed by atoms with Crippen LogP contribution in [0, 0.1) is 12.8 Å². The monoisotopic (exact) mass is 468 g/mol. The lowest BCUT2D eigenvalue weighted by Crippen LogP contribution is -2.41. The summed E-state index contributed by atoms with van der Waals surface area (Å²) < 4.78 is 7.19. The van der Waals surface area contributed by atoms with Crippen molar-refractivity contribution in [3.63, 3.8) is 0 Å². The standard InChI is InChI=1S/C24H29ClN6O2/c1-16-21-22(29-10-5-11-30(13-12-29)24(32)17-6-3-7-17)26-20(15-33-2)27-23(21)31(28-16)19-9-4-8-18(25)14-19/h4,8-9,14,17H,3,5-7,10-13,15H2,1-2H3. The van der Waals surface area contributed by atoms with Crippen LogP contribution in [-0.2, 0) is 16.1 Å². The number of rotatable bonds is 5. The number of halogens is 1. The van der Waals surface area contributed by atoms with Crippen LogP contribution in [0.3, 0.4) is 0 Å². The molecule has 1 aromatic carbocycles. The Kier molecular flexibility index (Phi) is 6.21. The summed E-state index contributed by atoms with van der Waals surface area (Å²) in [6, 6.07) is 7.59. The van der Waals surface area contributed by atoms with Gasteiger partial charge in [0.2, 0.25) is 5.91 Å². The van der Waals surface area contributed by atoms with E-state index in [0.29, 0.717) is 29.9 Å². The smallest absolute Gasteiger partial charge is 0.225 e. The van der Waals surface area contributed by atoms with Crippen LogP contribution in [0.4, 0.5) is 5.82 Å². The lowest BCUT2D eigenvalue weighted by Gasteiger charge is -2.31. The fourth-order valence-corrected chi connectivity index (χ4v) is 4.86. The molecule has 0 atom stereocenters. The van der Waals surface area contributed by atoms with Crippen molar-refractivity contribution in [1.29, 1.82) is 0 Å². The van der Waals surface area contributed by atoms with Crippen molar-refractivity contribution < 1.29 is 9.53 Å². The fourth-order valence-electron chi connectivity index (χ4n) is 4.68. The number of nitrogens with zero attached hydrogens (tertiary/aromatic N) is 6. The van der Waals surface area contributed by atoms with E-state index in [1.807, 2.05) is 40.8 Å². The first-order chi connectivity index (χ1) is 16.0. The maximum absolute atomic E-state index is 12.8. The predicted molar refractivity (Wildman–Crippen MR) is 128 cm³/mol. The molecule has 0 bridgehead atoms. The molecule has 0 radical (unpaired) electrons. The normalized spacial score (nSPS) is 17.3. The first-order valence-electron chi connectivity index (χ1n) is 11.6. The quantitative estimate of drug-likeness (QED) is 0.567. The number of aromatic nitrogens is 4. The SMILES string of the molecule is COCc1nc(N2CCCN(C(=O)C3CCC3)CC2)c2c(C)nn(-c3cccc(Cl)c3)c2n1. The molecule has 1 aliphatic heterocycles. The Morgan fingerprint density at radius 2 is 2.00 bits per heavy atom. The Labute approximate surface area is 198 Å². The number of fused-ring (bicyclic) bond motifs is 1. The number of aryl methyl sites for hydroxylation is 1. The lowest BCUT2D eigenvalue weighted by atomic mass is 9.84. The third kappa shape index (κ3) is 4.29. The van der Waals surface area contributed by atoms with E-state index in [2.05, 4.69) is 4.90 Å². The van der Waals surface area contributed by atoms with Crippen LogP contribution in [0.2, 0.25) is 5.02 Å². The zero-order valence-electron chi connectivity index (χ0n) is 19.1. The van der Waals surface area contributed by atoms with Crippen molar-refractivity contribution in [2.24, 2.45) is 5.92 Å². The second-order valence-corrected chi connectivity index (χ2v) is 9.30. The van der Waals surface area contributed by atoms with E-state index in [4.69, 9.17) is 31.4 Å². The van der Waals surface area contributed by atoms with Crippen molar-refractivity contribution in [1.82, 2.24) is 24.6 Å². The minimum absolute atomic E-state index is 0.230. The van der Waals surface area contributed by atoms with E-state index in [1.165, 1.54) is 6.42 Å². The molecule has 3 aromatic rings. The Hall–Kier alpha value is -2.71. The van der Waals surface area contributed by atoms with Gasteiger partial charge in [-0.05, 0) is 44.4 Å². The highest BCUT2D eigenvalue weighted by atomic mass is 35.5. The van der Waals surface area contributed by atoms with Gasteiger partial charge in [-0.2, -0.15) is 5.10 Å². The third-order valence-corrected chi connectivity index (χ3v) is 6.85. The number of hydrogen-bond donors (Lipinski definition) is 0. The van der Waals surface area contributed by atoms with Gasteiger partial charge in [0.05, 0.1) is 16.8 Å². The van der Waals surface area contributed by atoms with E-state index in [1.54, 1.807) is 7.11 Å². The average molecular weight is 469 g/mol. The molecule has 174 valence electrons. The van der Waals surface area contributed by atoms with Crippen LogP contribution >= 0.6 is 11.6 Å². The molecule has 8 nitrogen and oxygen atoms in total. The van der Waals surface area contributed by atoms with Crippen molar-refractivity contribution in [3.8, 4) is 5.69 Å². The largest absolute Gasteiger partial charge is 0.377 e. The van der Waals surface area contributed by atoms with Gasteiger partial charge < -0.3 is 14.5 Å².